The van der Waals surface area contributed by atoms with Gasteiger partial charge in [-0.2, -0.15) is 0 Å². The molecule has 12 heteroatoms. The third-order valence-corrected chi connectivity index (χ3v) is 16.8. The molecule has 0 N–H and O–H groups in total. The minimum Gasteiger partial charge on any atom is -0.357 e. The molecule has 0 aromatic carbocycles. The van der Waals surface area contributed by atoms with Gasteiger partial charge in [-0.25, -0.2) is 0 Å². The summed E-state index contributed by atoms with van der Waals surface area (Å²) < 4.78 is 3.22. The van der Waals surface area contributed by atoms with Crippen LogP contribution in [-0.2, 0) is 0 Å². The van der Waals surface area contributed by atoms with Crippen LogP contribution in [-0.4, -0.2) is 83.7 Å². The first-order valence-corrected chi connectivity index (χ1v) is 21.5. The third kappa shape index (κ3) is 13.0. The quantitative estimate of drug-likeness (QED) is 0.182. The first kappa shape index (κ1) is 32.3. The summed E-state index contributed by atoms with van der Waals surface area (Å²) in [7, 11) is 11.3. The van der Waals surface area contributed by atoms with Crippen LogP contribution in [0.1, 0.15) is 77.0 Å². The fraction of sp³-hybridized carbons (Fsp3) is 0.875. The first-order valence-electron chi connectivity index (χ1n) is 13.4. The van der Waals surface area contributed by atoms with Gasteiger partial charge in [0.1, 0.15) is 13.0 Å². The van der Waals surface area contributed by atoms with Crippen LogP contribution in [0.3, 0.4) is 0 Å². The highest BCUT2D eigenvalue weighted by molar-refractivity contribution is 8.86. The van der Waals surface area contributed by atoms with Crippen molar-refractivity contribution in [3.05, 3.63) is 0 Å². The predicted octanol–water partition coefficient (Wildman–Crippen LogP) is 8.98. The zero-order valence-electron chi connectivity index (χ0n) is 21.2. The summed E-state index contributed by atoms with van der Waals surface area (Å²) in [6, 6.07) is 0. The minimum absolute atomic E-state index is 0.508. The molecule has 0 radical (unpaired) electrons. The van der Waals surface area contributed by atoms with Gasteiger partial charge >= 0.3 is 0 Å². The molecule has 0 atom stereocenters. The highest BCUT2D eigenvalue weighted by atomic mass is 33.1. The van der Waals surface area contributed by atoms with E-state index in [4.69, 9.17) is 36.7 Å². The van der Waals surface area contributed by atoms with E-state index in [2.05, 4.69) is 14.7 Å². The van der Waals surface area contributed by atoms with E-state index >= 15 is 0 Å². The highest BCUT2D eigenvalue weighted by Gasteiger charge is 2.20. The lowest BCUT2D eigenvalue weighted by molar-refractivity contribution is 0.450. The molecule has 0 spiro atoms. The van der Waals surface area contributed by atoms with Gasteiger partial charge < -0.3 is 14.7 Å². The van der Waals surface area contributed by atoms with Crippen molar-refractivity contribution in [1.29, 1.82) is 0 Å². The standard InChI is InChI=1S/C24H41N3S9/c28-22(25-13-7-1-2-8-14-25)34-31-19-21(33-36-24(30)27-17-11-5-6-12-18-27)20-32-35-23(29)26-15-9-3-4-10-16-26/h21H,1-20H2. The van der Waals surface area contributed by atoms with E-state index in [1.165, 1.54) is 77.0 Å². The average Bonchev–Trinajstić information content (AvgIpc) is 3.43. The van der Waals surface area contributed by atoms with Crippen molar-refractivity contribution in [3.63, 3.8) is 0 Å². The molecule has 0 aromatic rings. The molecule has 0 unspecified atom stereocenters. The van der Waals surface area contributed by atoms with Gasteiger partial charge in [-0.1, -0.05) is 108 Å². The monoisotopic (exact) mass is 659 g/mol. The molecule has 3 saturated heterocycles. The summed E-state index contributed by atoms with van der Waals surface area (Å²) in [6.45, 7) is 6.77. The van der Waals surface area contributed by atoms with Gasteiger partial charge in [-0.05, 0) is 70.9 Å². The topological polar surface area (TPSA) is 9.72 Å². The zero-order chi connectivity index (χ0) is 25.4. The molecule has 3 aliphatic rings. The van der Waals surface area contributed by atoms with Crippen molar-refractivity contribution in [2.24, 2.45) is 0 Å². The number of thiocarbonyl (C=S) groups is 3. The van der Waals surface area contributed by atoms with Crippen LogP contribution in [0.5, 0.6) is 0 Å². The largest absolute Gasteiger partial charge is 0.357 e. The molecule has 3 fully saturated rings. The predicted molar refractivity (Wildman–Crippen MR) is 187 cm³/mol. The Balaban J connectivity index is 1.44. The van der Waals surface area contributed by atoms with Crippen LogP contribution in [0.15, 0.2) is 0 Å². The van der Waals surface area contributed by atoms with Gasteiger partial charge in [0.25, 0.3) is 0 Å². The molecule has 0 bridgehead atoms. The Kier molecular flexibility index (Phi) is 17.7. The molecule has 3 heterocycles. The minimum atomic E-state index is 0.508. The molecule has 3 nitrogen and oxygen atoms in total. The molecule has 3 aliphatic heterocycles. The van der Waals surface area contributed by atoms with Gasteiger partial charge in [0.05, 0.1) is 0 Å². The molecule has 0 aromatic heterocycles. The van der Waals surface area contributed by atoms with Gasteiger partial charge in [-0.15, -0.1) is 0 Å². The van der Waals surface area contributed by atoms with Crippen molar-refractivity contribution in [3.8, 4) is 0 Å². The summed E-state index contributed by atoms with van der Waals surface area (Å²) in [5.74, 6) is 2.14. The SMILES string of the molecule is S=C(SSCC(CSSC(=S)N1CCCCCC1)SSC(=S)N1CCCCCC1)N1CCCCCC1. The number of hydrogen-bond acceptors (Lipinski definition) is 9. The maximum Gasteiger partial charge on any atom is 0.147 e. The van der Waals surface area contributed by atoms with E-state index in [1.807, 2.05) is 64.8 Å². The van der Waals surface area contributed by atoms with E-state index in [0.29, 0.717) is 5.25 Å². The molecule has 3 rings (SSSR count). The van der Waals surface area contributed by atoms with Crippen molar-refractivity contribution in [1.82, 2.24) is 14.7 Å². The highest BCUT2D eigenvalue weighted by Crippen LogP contribution is 2.39. The summed E-state index contributed by atoms with van der Waals surface area (Å²) in [5.41, 5.74) is 0. The number of nitrogens with zero attached hydrogens (tertiary/aromatic N) is 3. The lowest BCUT2D eigenvalue weighted by Crippen LogP contribution is -2.28. The van der Waals surface area contributed by atoms with Crippen LogP contribution >= 0.6 is 101 Å². The molecule has 0 saturated carbocycles. The lowest BCUT2D eigenvalue weighted by atomic mass is 10.2. The summed E-state index contributed by atoms with van der Waals surface area (Å²) in [4.78, 5) is 7.29. The molecule has 36 heavy (non-hydrogen) atoms. The van der Waals surface area contributed by atoms with E-state index < -0.39 is 0 Å². The van der Waals surface area contributed by atoms with Crippen LogP contribution in [0.2, 0.25) is 0 Å². The van der Waals surface area contributed by atoms with Gasteiger partial charge in [0.2, 0.25) is 0 Å². The second-order valence-corrected chi connectivity index (χ2v) is 18.6. The lowest BCUT2D eigenvalue weighted by Gasteiger charge is -2.25. The summed E-state index contributed by atoms with van der Waals surface area (Å²) in [6.07, 6.45) is 15.7. The van der Waals surface area contributed by atoms with E-state index in [9.17, 15) is 0 Å². The van der Waals surface area contributed by atoms with Gasteiger partial charge in [0.15, 0.2) is 0 Å². The molecular formula is C24H41N3S9. The Hall–Kier alpha value is 1.77. The first-order chi connectivity index (χ1) is 17.6. The molecule has 0 aliphatic carbocycles. The number of rotatable bonds is 8. The van der Waals surface area contributed by atoms with Crippen molar-refractivity contribution in [2.45, 2.75) is 82.3 Å². The van der Waals surface area contributed by atoms with Gasteiger partial charge in [0, 0.05) is 56.0 Å². The Bertz CT molecular complexity index is 619. The van der Waals surface area contributed by atoms with Crippen LogP contribution in [0.25, 0.3) is 0 Å². The fourth-order valence-electron chi connectivity index (χ4n) is 4.45. The Morgan fingerprint density at radius 2 is 0.778 bits per heavy atom. The Labute approximate surface area is 259 Å². The van der Waals surface area contributed by atoms with Crippen LogP contribution in [0.4, 0.5) is 0 Å². The zero-order valence-corrected chi connectivity index (χ0v) is 28.6. The average molecular weight is 660 g/mol. The van der Waals surface area contributed by atoms with E-state index in [1.54, 1.807) is 0 Å². The smallest absolute Gasteiger partial charge is 0.147 e. The van der Waals surface area contributed by atoms with Crippen molar-refractivity contribution < 1.29 is 0 Å². The number of hydrogen-bond donors (Lipinski definition) is 0. The Morgan fingerprint density at radius 3 is 1.11 bits per heavy atom. The maximum atomic E-state index is 5.85. The van der Waals surface area contributed by atoms with E-state index in [0.717, 1.165) is 63.7 Å². The summed E-state index contributed by atoms with van der Waals surface area (Å²) in [5, 5.41) is 0.508. The maximum absolute atomic E-state index is 5.85. The van der Waals surface area contributed by atoms with Gasteiger partial charge in [-0.3, -0.25) is 0 Å². The normalized spacial score (nSPS) is 20.1. The van der Waals surface area contributed by atoms with Crippen LogP contribution < -0.4 is 0 Å². The second kappa shape index (κ2) is 19.8. The second-order valence-electron chi connectivity index (χ2n) is 9.54. The molecule has 206 valence electrons. The van der Waals surface area contributed by atoms with Crippen molar-refractivity contribution >= 4 is 114 Å². The third-order valence-electron chi connectivity index (χ3n) is 6.62. The molecule has 0 amide bonds. The van der Waals surface area contributed by atoms with E-state index in [-0.39, 0.29) is 0 Å². The van der Waals surface area contributed by atoms with Crippen molar-refractivity contribution in [2.75, 3.05) is 50.8 Å². The molecular weight excluding hydrogens is 619 g/mol. The Morgan fingerprint density at radius 1 is 0.472 bits per heavy atom. The fourth-order valence-corrected chi connectivity index (χ4v) is 14.3. The van der Waals surface area contributed by atoms with Crippen LogP contribution in [0, 0.1) is 0 Å². The summed E-state index contributed by atoms with van der Waals surface area (Å²) >= 11 is 17.4. The number of likely N-dealkylation sites (tertiary alicyclic amines) is 3.